The van der Waals surface area contributed by atoms with Crippen molar-refractivity contribution in [2.24, 2.45) is 0 Å². The number of hydrogen-bond donors (Lipinski definition) is 1. The molecular weight excluding hydrogens is 350 g/mol. The van der Waals surface area contributed by atoms with Gasteiger partial charge in [-0.25, -0.2) is 0 Å². The lowest BCUT2D eigenvalue weighted by atomic mass is 10.0. The predicted molar refractivity (Wildman–Crippen MR) is 109 cm³/mol. The molecule has 28 heavy (non-hydrogen) atoms. The van der Waals surface area contributed by atoms with Crippen molar-refractivity contribution in [3.05, 3.63) is 102 Å². The van der Waals surface area contributed by atoms with Crippen molar-refractivity contribution >= 4 is 16.9 Å². The maximum atomic E-state index is 12.8. The molecule has 1 N–H and O–H groups in total. The molecule has 0 bridgehead atoms. The Balaban J connectivity index is 1.63. The van der Waals surface area contributed by atoms with E-state index in [0.717, 1.165) is 22.1 Å². The number of benzene rings is 3. The molecule has 1 amide bonds. The molecule has 0 unspecified atom stereocenters. The summed E-state index contributed by atoms with van der Waals surface area (Å²) in [4.78, 5) is 12.8. The van der Waals surface area contributed by atoms with E-state index < -0.39 is 0 Å². The first-order valence-electron chi connectivity index (χ1n) is 9.19. The summed E-state index contributed by atoms with van der Waals surface area (Å²) in [5, 5.41) is 4.13. The molecule has 1 atom stereocenters. The van der Waals surface area contributed by atoms with Crippen LogP contribution in [0.5, 0.6) is 5.75 Å². The highest BCUT2D eigenvalue weighted by Crippen LogP contribution is 2.28. The van der Waals surface area contributed by atoms with E-state index in [1.165, 1.54) is 0 Å². The Bertz CT molecular complexity index is 1050. The molecule has 0 radical (unpaired) electrons. The summed E-state index contributed by atoms with van der Waals surface area (Å²) in [6, 6.07) is 26.8. The minimum Gasteiger partial charge on any atom is -0.496 e. The second-order valence-corrected chi connectivity index (χ2v) is 6.59. The average molecular weight is 371 g/mol. The van der Waals surface area contributed by atoms with Gasteiger partial charge < -0.3 is 14.5 Å². The molecule has 4 heteroatoms. The average Bonchev–Trinajstić information content (AvgIpc) is 3.17. The van der Waals surface area contributed by atoms with Gasteiger partial charge in [0.15, 0.2) is 0 Å². The molecule has 1 aromatic heterocycles. The summed E-state index contributed by atoms with van der Waals surface area (Å²) >= 11 is 0. The fourth-order valence-electron chi connectivity index (χ4n) is 3.34. The van der Waals surface area contributed by atoms with Crippen molar-refractivity contribution in [2.45, 2.75) is 12.5 Å². The predicted octanol–water partition coefficient (Wildman–Crippen LogP) is 4.89. The van der Waals surface area contributed by atoms with Crippen LogP contribution in [-0.4, -0.2) is 13.0 Å². The summed E-state index contributed by atoms with van der Waals surface area (Å²) in [6.45, 7) is 0. The number of hydrogen-bond acceptors (Lipinski definition) is 3. The van der Waals surface area contributed by atoms with Gasteiger partial charge in [0.1, 0.15) is 23.1 Å². The smallest absolute Gasteiger partial charge is 0.225 e. The fourth-order valence-corrected chi connectivity index (χ4v) is 3.34. The third-order valence-electron chi connectivity index (χ3n) is 4.71. The largest absolute Gasteiger partial charge is 0.496 e. The molecule has 4 rings (SSSR count). The van der Waals surface area contributed by atoms with Crippen molar-refractivity contribution in [3.8, 4) is 5.75 Å². The van der Waals surface area contributed by atoms with Gasteiger partial charge in [-0.05, 0) is 23.8 Å². The maximum Gasteiger partial charge on any atom is 0.225 e. The second kappa shape index (κ2) is 8.01. The van der Waals surface area contributed by atoms with E-state index in [2.05, 4.69) is 5.32 Å². The van der Waals surface area contributed by atoms with E-state index in [9.17, 15) is 4.79 Å². The first kappa shape index (κ1) is 17.9. The number of fused-ring (bicyclic) bond motifs is 1. The van der Waals surface area contributed by atoms with Gasteiger partial charge in [0.05, 0.1) is 13.5 Å². The third kappa shape index (κ3) is 3.76. The number of methoxy groups -OCH3 is 1. The summed E-state index contributed by atoms with van der Waals surface area (Å²) in [6.07, 6.45) is 0.230. The molecular formula is C24H21NO3. The Morgan fingerprint density at radius 1 is 0.964 bits per heavy atom. The van der Waals surface area contributed by atoms with Gasteiger partial charge in [-0.1, -0.05) is 66.7 Å². The lowest BCUT2D eigenvalue weighted by Gasteiger charge is -2.18. The molecule has 4 aromatic rings. The minimum absolute atomic E-state index is 0.0983. The molecule has 0 saturated carbocycles. The monoisotopic (exact) mass is 371 g/mol. The molecule has 1 heterocycles. The number of carbonyl (C=O) groups is 1. The van der Waals surface area contributed by atoms with Crippen LogP contribution in [0.3, 0.4) is 0 Å². The first-order valence-corrected chi connectivity index (χ1v) is 9.19. The lowest BCUT2D eigenvalue weighted by Crippen LogP contribution is -2.30. The van der Waals surface area contributed by atoms with Crippen molar-refractivity contribution in [1.82, 2.24) is 5.32 Å². The zero-order chi connectivity index (χ0) is 19.3. The number of rotatable bonds is 6. The van der Waals surface area contributed by atoms with E-state index in [4.69, 9.17) is 9.15 Å². The van der Waals surface area contributed by atoms with Crippen LogP contribution in [0.4, 0.5) is 0 Å². The molecule has 0 aliphatic rings. The van der Waals surface area contributed by atoms with Crippen LogP contribution in [-0.2, 0) is 11.2 Å². The van der Waals surface area contributed by atoms with Gasteiger partial charge in [0.2, 0.25) is 5.91 Å². The Kier molecular flexibility index (Phi) is 5.11. The van der Waals surface area contributed by atoms with Crippen molar-refractivity contribution in [1.29, 1.82) is 0 Å². The first-order chi connectivity index (χ1) is 13.7. The van der Waals surface area contributed by atoms with Crippen LogP contribution in [0.1, 0.15) is 22.9 Å². The highest BCUT2D eigenvalue weighted by atomic mass is 16.5. The van der Waals surface area contributed by atoms with Gasteiger partial charge in [-0.3, -0.25) is 4.79 Å². The standard InChI is InChI=1S/C24H21NO3/c1-27-20-13-7-5-12-19(20)16-23(26)25-24(17-9-3-2-4-10-17)22-15-18-11-6-8-14-21(18)28-22/h2-15,24H,16H2,1H3,(H,25,26)/t24-/m1/s1. The van der Waals surface area contributed by atoms with E-state index >= 15 is 0 Å². The van der Waals surface area contributed by atoms with Crippen LogP contribution >= 0.6 is 0 Å². The van der Waals surface area contributed by atoms with Gasteiger partial charge in [0.25, 0.3) is 0 Å². The molecule has 0 fully saturated rings. The molecule has 0 aliphatic heterocycles. The quantitative estimate of drug-likeness (QED) is 0.525. The van der Waals surface area contributed by atoms with Crippen molar-refractivity contribution < 1.29 is 13.9 Å². The van der Waals surface area contributed by atoms with Gasteiger partial charge in [-0.15, -0.1) is 0 Å². The van der Waals surface area contributed by atoms with Gasteiger partial charge >= 0.3 is 0 Å². The van der Waals surface area contributed by atoms with Gasteiger partial charge in [0, 0.05) is 10.9 Å². The third-order valence-corrected chi connectivity index (χ3v) is 4.71. The lowest BCUT2D eigenvalue weighted by molar-refractivity contribution is -0.121. The Labute approximate surface area is 163 Å². The molecule has 3 aromatic carbocycles. The van der Waals surface area contributed by atoms with Crippen LogP contribution < -0.4 is 10.1 Å². The highest BCUT2D eigenvalue weighted by molar-refractivity contribution is 5.81. The highest BCUT2D eigenvalue weighted by Gasteiger charge is 2.21. The Morgan fingerprint density at radius 2 is 1.68 bits per heavy atom. The molecule has 0 saturated heterocycles. The Morgan fingerprint density at radius 3 is 2.46 bits per heavy atom. The number of amides is 1. The number of para-hydroxylation sites is 2. The van der Waals surface area contributed by atoms with E-state index in [-0.39, 0.29) is 18.4 Å². The van der Waals surface area contributed by atoms with E-state index in [1.54, 1.807) is 7.11 Å². The van der Waals surface area contributed by atoms with Gasteiger partial charge in [-0.2, -0.15) is 0 Å². The van der Waals surface area contributed by atoms with Crippen LogP contribution in [0.25, 0.3) is 11.0 Å². The van der Waals surface area contributed by atoms with Crippen LogP contribution in [0, 0.1) is 0 Å². The molecule has 0 aliphatic carbocycles. The summed E-state index contributed by atoms with van der Waals surface area (Å²) in [5.41, 5.74) is 2.62. The summed E-state index contributed by atoms with van der Waals surface area (Å²) in [5.74, 6) is 1.32. The number of ether oxygens (including phenoxy) is 1. The van der Waals surface area contributed by atoms with Crippen molar-refractivity contribution in [3.63, 3.8) is 0 Å². The normalized spacial score (nSPS) is 11.9. The number of carbonyl (C=O) groups excluding carboxylic acids is 1. The summed E-state index contributed by atoms with van der Waals surface area (Å²) in [7, 11) is 1.61. The fraction of sp³-hybridized carbons (Fsp3) is 0.125. The van der Waals surface area contributed by atoms with E-state index in [1.807, 2.05) is 84.9 Å². The summed E-state index contributed by atoms with van der Waals surface area (Å²) < 4.78 is 11.4. The molecule has 0 spiro atoms. The number of nitrogens with one attached hydrogen (secondary N) is 1. The van der Waals surface area contributed by atoms with E-state index in [0.29, 0.717) is 11.5 Å². The molecule has 140 valence electrons. The number of furan rings is 1. The SMILES string of the molecule is COc1ccccc1CC(=O)N[C@H](c1ccccc1)c1cc2ccccc2o1. The zero-order valence-corrected chi connectivity index (χ0v) is 15.6. The zero-order valence-electron chi connectivity index (χ0n) is 15.6. The topological polar surface area (TPSA) is 51.5 Å². The minimum atomic E-state index is -0.365. The van der Waals surface area contributed by atoms with Crippen LogP contribution in [0.2, 0.25) is 0 Å². The van der Waals surface area contributed by atoms with Crippen LogP contribution in [0.15, 0.2) is 89.3 Å². The Hall–Kier alpha value is -3.53. The maximum absolute atomic E-state index is 12.8. The molecule has 4 nitrogen and oxygen atoms in total. The second-order valence-electron chi connectivity index (χ2n) is 6.59. The van der Waals surface area contributed by atoms with Crippen molar-refractivity contribution in [2.75, 3.05) is 7.11 Å².